The van der Waals surface area contributed by atoms with E-state index in [1.54, 1.807) is 0 Å². The first-order chi connectivity index (χ1) is 6.81. The molecule has 0 aromatic carbocycles. The lowest BCUT2D eigenvalue weighted by Crippen LogP contribution is -2.30. The second-order valence-corrected chi connectivity index (χ2v) is 4.54. The van der Waals surface area contributed by atoms with Crippen LogP contribution < -0.4 is 0 Å². The average molecular weight is 196 g/mol. The zero-order chi connectivity index (χ0) is 9.97. The molecule has 2 heteroatoms. The van der Waals surface area contributed by atoms with Crippen LogP contribution in [0.1, 0.15) is 32.6 Å². The Labute approximate surface area is 86.3 Å². The summed E-state index contributed by atoms with van der Waals surface area (Å²) in [5, 5.41) is 0. The molecule has 1 aliphatic heterocycles. The molecule has 0 N–H and O–H groups in total. The highest BCUT2D eigenvalue weighted by molar-refractivity contribution is 4.86. The van der Waals surface area contributed by atoms with Gasteiger partial charge in [-0.2, -0.15) is 0 Å². The summed E-state index contributed by atoms with van der Waals surface area (Å²) >= 11 is 0. The van der Waals surface area contributed by atoms with Gasteiger partial charge < -0.3 is 9.47 Å². The first-order valence-electron chi connectivity index (χ1n) is 5.71. The van der Waals surface area contributed by atoms with E-state index in [1.807, 2.05) is 6.08 Å². The third-order valence-electron chi connectivity index (χ3n) is 3.52. The van der Waals surface area contributed by atoms with E-state index in [-0.39, 0.29) is 12.4 Å². The van der Waals surface area contributed by atoms with E-state index in [1.165, 1.54) is 25.7 Å². The largest absolute Gasteiger partial charge is 0.349 e. The molecule has 0 bridgehead atoms. The Hall–Kier alpha value is -0.340. The second kappa shape index (κ2) is 4.45. The molecular weight excluding hydrogens is 176 g/mol. The van der Waals surface area contributed by atoms with E-state index in [2.05, 4.69) is 13.5 Å². The number of hydrogen-bond donors (Lipinski definition) is 0. The van der Waals surface area contributed by atoms with Crippen molar-refractivity contribution in [1.82, 2.24) is 0 Å². The van der Waals surface area contributed by atoms with Crippen LogP contribution in [0.3, 0.4) is 0 Å². The van der Waals surface area contributed by atoms with Crippen LogP contribution in [0.5, 0.6) is 0 Å². The Bertz CT molecular complexity index is 202. The van der Waals surface area contributed by atoms with Gasteiger partial charge in [0, 0.05) is 5.92 Å². The van der Waals surface area contributed by atoms with E-state index >= 15 is 0 Å². The average Bonchev–Trinajstić information content (AvgIpc) is 2.67. The van der Waals surface area contributed by atoms with Crippen molar-refractivity contribution >= 4 is 0 Å². The molecule has 2 rings (SSSR count). The molecule has 1 aliphatic carbocycles. The molecule has 80 valence electrons. The molecule has 2 aliphatic rings. The summed E-state index contributed by atoms with van der Waals surface area (Å²) in [6.45, 7) is 6.75. The van der Waals surface area contributed by atoms with Gasteiger partial charge >= 0.3 is 0 Å². The zero-order valence-corrected chi connectivity index (χ0v) is 8.95. The van der Waals surface area contributed by atoms with Gasteiger partial charge in [-0.25, -0.2) is 0 Å². The van der Waals surface area contributed by atoms with E-state index < -0.39 is 0 Å². The molecule has 0 radical (unpaired) electrons. The first-order valence-corrected chi connectivity index (χ1v) is 5.71. The van der Waals surface area contributed by atoms with Gasteiger partial charge in [-0.15, -0.1) is 6.58 Å². The van der Waals surface area contributed by atoms with Crippen LogP contribution >= 0.6 is 0 Å². The minimum absolute atomic E-state index is 0.0355. The summed E-state index contributed by atoms with van der Waals surface area (Å²) in [7, 11) is 0. The van der Waals surface area contributed by atoms with Gasteiger partial charge in [0.05, 0.1) is 6.61 Å². The van der Waals surface area contributed by atoms with Crippen LogP contribution in [-0.4, -0.2) is 19.0 Å². The molecule has 0 aromatic rings. The highest BCUT2D eigenvalue weighted by atomic mass is 16.7. The van der Waals surface area contributed by atoms with E-state index in [4.69, 9.17) is 9.47 Å². The minimum Gasteiger partial charge on any atom is -0.349 e. The summed E-state index contributed by atoms with van der Waals surface area (Å²) in [6.07, 6.45) is 7.28. The fourth-order valence-corrected chi connectivity index (χ4v) is 2.54. The third kappa shape index (κ3) is 2.01. The molecule has 14 heavy (non-hydrogen) atoms. The molecule has 0 spiro atoms. The molecule has 2 fully saturated rings. The second-order valence-electron chi connectivity index (χ2n) is 4.54. The molecule has 0 aromatic heterocycles. The lowest BCUT2D eigenvalue weighted by molar-refractivity contribution is -0.113. The quantitative estimate of drug-likeness (QED) is 0.632. The maximum atomic E-state index is 5.78. The number of rotatable bonds is 2. The van der Waals surface area contributed by atoms with Crippen LogP contribution in [0.2, 0.25) is 0 Å². The van der Waals surface area contributed by atoms with E-state index in [0.29, 0.717) is 12.5 Å². The van der Waals surface area contributed by atoms with Gasteiger partial charge in [-0.1, -0.05) is 32.3 Å². The third-order valence-corrected chi connectivity index (χ3v) is 3.52. The topological polar surface area (TPSA) is 18.5 Å². The molecule has 4 unspecified atom stereocenters. The highest BCUT2D eigenvalue weighted by Gasteiger charge is 2.35. The van der Waals surface area contributed by atoms with Crippen molar-refractivity contribution in [2.24, 2.45) is 11.8 Å². The van der Waals surface area contributed by atoms with Gasteiger partial charge in [0.15, 0.2) is 6.29 Å². The van der Waals surface area contributed by atoms with Crippen molar-refractivity contribution in [1.29, 1.82) is 0 Å². The molecule has 0 amide bonds. The smallest absolute Gasteiger partial charge is 0.161 e. The predicted molar refractivity (Wildman–Crippen MR) is 55.9 cm³/mol. The van der Waals surface area contributed by atoms with Gasteiger partial charge in [0.1, 0.15) is 6.10 Å². The van der Waals surface area contributed by atoms with Crippen molar-refractivity contribution < 1.29 is 9.47 Å². The summed E-state index contributed by atoms with van der Waals surface area (Å²) in [4.78, 5) is 0. The van der Waals surface area contributed by atoms with Gasteiger partial charge in [0.25, 0.3) is 0 Å². The Morgan fingerprint density at radius 2 is 2.07 bits per heavy atom. The maximum absolute atomic E-state index is 5.78. The predicted octanol–water partition coefficient (Wildman–Crippen LogP) is 2.74. The Kier molecular flexibility index (Phi) is 3.24. The fraction of sp³-hybridized carbons (Fsp3) is 0.833. The van der Waals surface area contributed by atoms with Crippen LogP contribution in [0.25, 0.3) is 0 Å². The van der Waals surface area contributed by atoms with Crippen molar-refractivity contribution in [3.05, 3.63) is 12.7 Å². The Morgan fingerprint density at radius 3 is 2.71 bits per heavy atom. The summed E-state index contributed by atoms with van der Waals surface area (Å²) in [6, 6.07) is 0. The molecule has 1 saturated carbocycles. The van der Waals surface area contributed by atoms with Crippen LogP contribution in [-0.2, 0) is 9.47 Å². The van der Waals surface area contributed by atoms with Crippen molar-refractivity contribution in [3.63, 3.8) is 0 Å². The normalized spacial score (nSPS) is 43.8. The lowest BCUT2D eigenvalue weighted by atomic mass is 9.80. The Morgan fingerprint density at radius 1 is 1.29 bits per heavy atom. The van der Waals surface area contributed by atoms with Crippen LogP contribution in [0.15, 0.2) is 12.7 Å². The SMILES string of the molecule is C=CC1COC(C2CCCCC2C)O1. The summed E-state index contributed by atoms with van der Waals surface area (Å²) in [5.74, 6) is 1.35. The lowest BCUT2D eigenvalue weighted by Gasteiger charge is -2.32. The monoisotopic (exact) mass is 196 g/mol. The minimum atomic E-state index is 0.0355. The van der Waals surface area contributed by atoms with Crippen LogP contribution in [0, 0.1) is 11.8 Å². The van der Waals surface area contributed by atoms with E-state index in [9.17, 15) is 0 Å². The molecular formula is C12H20O2. The first kappa shape index (κ1) is 10.2. The molecule has 1 heterocycles. The highest BCUT2D eigenvalue weighted by Crippen LogP contribution is 2.35. The molecule has 1 saturated heterocycles. The van der Waals surface area contributed by atoms with E-state index in [0.717, 1.165) is 5.92 Å². The van der Waals surface area contributed by atoms with Gasteiger partial charge in [0.2, 0.25) is 0 Å². The molecule has 2 nitrogen and oxygen atoms in total. The van der Waals surface area contributed by atoms with Crippen LogP contribution in [0.4, 0.5) is 0 Å². The fourth-order valence-electron chi connectivity index (χ4n) is 2.54. The van der Waals surface area contributed by atoms with Crippen molar-refractivity contribution in [3.8, 4) is 0 Å². The van der Waals surface area contributed by atoms with Crippen molar-refractivity contribution in [2.75, 3.05) is 6.61 Å². The van der Waals surface area contributed by atoms with Gasteiger partial charge in [-0.3, -0.25) is 0 Å². The zero-order valence-electron chi connectivity index (χ0n) is 8.95. The molecule has 4 atom stereocenters. The van der Waals surface area contributed by atoms with Crippen molar-refractivity contribution in [2.45, 2.75) is 45.0 Å². The summed E-state index contributed by atoms with van der Waals surface area (Å²) < 4.78 is 11.5. The summed E-state index contributed by atoms with van der Waals surface area (Å²) in [5.41, 5.74) is 0. The van der Waals surface area contributed by atoms with Gasteiger partial charge in [-0.05, 0) is 12.3 Å². The number of hydrogen-bond acceptors (Lipinski definition) is 2. The maximum Gasteiger partial charge on any atom is 0.161 e. The number of ether oxygens (including phenoxy) is 2. The Balaban J connectivity index is 1.91. The standard InChI is InChI=1S/C12H20O2/c1-3-10-8-13-12(14-10)11-7-5-4-6-9(11)2/h3,9-12H,1,4-8H2,2H3.